The Morgan fingerprint density at radius 2 is 2.08 bits per heavy atom. The molecule has 1 atom stereocenters. The van der Waals surface area contributed by atoms with Gasteiger partial charge in [-0.05, 0) is 43.0 Å². The molecule has 0 fully saturated rings. The molecule has 136 valence electrons. The Morgan fingerprint density at radius 1 is 1.31 bits per heavy atom. The molecule has 0 aliphatic rings. The van der Waals surface area contributed by atoms with Crippen LogP contribution in [0.3, 0.4) is 0 Å². The summed E-state index contributed by atoms with van der Waals surface area (Å²) in [7, 11) is 0. The fourth-order valence-electron chi connectivity index (χ4n) is 2.52. The lowest BCUT2D eigenvalue weighted by atomic mass is 10.1. The maximum atomic E-state index is 13.0. The van der Waals surface area contributed by atoms with Crippen molar-refractivity contribution in [3.05, 3.63) is 53.2 Å². The van der Waals surface area contributed by atoms with E-state index in [2.05, 4.69) is 15.5 Å². The molecule has 0 saturated carbocycles. The van der Waals surface area contributed by atoms with Gasteiger partial charge in [0, 0.05) is 6.54 Å². The van der Waals surface area contributed by atoms with Gasteiger partial charge in [-0.25, -0.2) is 4.39 Å². The van der Waals surface area contributed by atoms with Crippen molar-refractivity contribution in [2.75, 3.05) is 5.75 Å². The van der Waals surface area contributed by atoms with Gasteiger partial charge >= 0.3 is 0 Å². The van der Waals surface area contributed by atoms with E-state index < -0.39 is 0 Å². The molecule has 3 aromatic rings. The summed E-state index contributed by atoms with van der Waals surface area (Å²) in [5.74, 6) is 0.678. The largest absolute Gasteiger partial charge is 0.349 e. The van der Waals surface area contributed by atoms with Crippen molar-refractivity contribution < 1.29 is 9.18 Å². The molecule has 0 spiro atoms. The van der Waals surface area contributed by atoms with Crippen molar-refractivity contribution in [2.45, 2.75) is 31.6 Å². The van der Waals surface area contributed by atoms with Gasteiger partial charge in [0.05, 0.1) is 16.7 Å². The van der Waals surface area contributed by atoms with Crippen molar-refractivity contribution in [1.82, 2.24) is 20.1 Å². The molecule has 1 N–H and O–H groups in total. The van der Waals surface area contributed by atoms with Crippen LogP contribution in [0.25, 0.3) is 10.7 Å². The summed E-state index contributed by atoms with van der Waals surface area (Å²) in [6.07, 6.45) is 0. The van der Waals surface area contributed by atoms with Gasteiger partial charge in [0.1, 0.15) is 5.82 Å². The van der Waals surface area contributed by atoms with Gasteiger partial charge in [-0.2, -0.15) is 0 Å². The number of aromatic nitrogens is 3. The topological polar surface area (TPSA) is 59.8 Å². The van der Waals surface area contributed by atoms with E-state index in [1.54, 1.807) is 23.5 Å². The Bertz CT molecular complexity index is 862. The first-order chi connectivity index (χ1) is 12.6. The molecule has 26 heavy (non-hydrogen) atoms. The fraction of sp³-hybridized carbons (Fsp3) is 0.278. The van der Waals surface area contributed by atoms with Crippen LogP contribution in [0.4, 0.5) is 4.39 Å². The molecule has 5 nitrogen and oxygen atoms in total. The highest BCUT2D eigenvalue weighted by molar-refractivity contribution is 7.99. The number of carbonyl (C=O) groups excluding carboxylic acids is 1. The van der Waals surface area contributed by atoms with Crippen LogP contribution in [0, 0.1) is 5.82 Å². The number of thiophene rings is 1. The number of carbonyl (C=O) groups is 1. The van der Waals surface area contributed by atoms with Crippen LogP contribution < -0.4 is 5.32 Å². The van der Waals surface area contributed by atoms with Gasteiger partial charge in [-0.3, -0.25) is 4.79 Å². The van der Waals surface area contributed by atoms with Crippen molar-refractivity contribution >= 4 is 29.0 Å². The quantitative estimate of drug-likeness (QED) is 0.616. The first-order valence-electron chi connectivity index (χ1n) is 8.23. The van der Waals surface area contributed by atoms with E-state index in [0.29, 0.717) is 0 Å². The lowest BCUT2D eigenvalue weighted by Crippen LogP contribution is -2.28. The second kappa shape index (κ2) is 8.46. The predicted molar refractivity (Wildman–Crippen MR) is 103 cm³/mol. The molecular weight excluding hydrogens is 371 g/mol. The number of nitrogens with zero attached hydrogens (tertiary/aromatic N) is 3. The molecule has 3 rings (SSSR count). The lowest BCUT2D eigenvalue weighted by molar-refractivity contribution is -0.119. The molecule has 0 bridgehead atoms. The van der Waals surface area contributed by atoms with Crippen LogP contribution in [0.1, 0.15) is 25.5 Å². The Kier molecular flexibility index (Phi) is 6.05. The molecule has 2 aromatic heterocycles. The normalized spacial score (nSPS) is 12.1. The van der Waals surface area contributed by atoms with E-state index in [1.165, 1.54) is 23.9 Å². The number of hydrogen-bond donors (Lipinski definition) is 1. The third kappa shape index (κ3) is 4.31. The lowest BCUT2D eigenvalue weighted by Gasteiger charge is -2.14. The summed E-state index contributed by atoms with van der Waals surface area (Å²) in [6.45, 7) is 4.64. The number of halogens is 1. The van der Waals surface area contributed by atoms with Crippen LogP contribution in [0.2, 0.25) is 0 Å². The van der Waals surface area contributed by atoms with Crippen LogP contribution >= 0.6 is 23.1 Å². The number of hydrogen-bond acceptors (Lipinski definition) is 5. The number of thioether (sulfide) groups is 1. The minimum atomic E-state index is -0.289. The first kappa shape index (κ1) is 18.6. The second-order valence-corrected chi connectivity index (χ2v) is 7.55. The summed E-state index contributed by atoms with van der Waals surface area (Å²) >= 11 is 2.97. The Labute approximate surface area is 159 Å². The van der Waals surface area contributed by atoms with Crippen molar-refractivity contribution in [1.29, 1.82) is 0 Å². The molecule has 0 saturated heterocycles. The maximum absolute atomic E-state index is 13.0. The summed E-state index contributed by atoms with van der Waals surface area (Å²) in [5, 5.41) is 14.1. The standard InChI is InChI=1S/C18H19FN4OS2/c1-3-23-17(15-5-4-10-25-15)21-22-18(23)26-11-16(24)20-12(2)13-6-8-14(19)9-7-13/h4-10,12H,3,11H2,1-2H3,(H,20,24). The molecule has 1 amide bonds. The third-order valence-corrected chi connectivity index (χ3v) is 5.69. The van der Waals surface area contributed by atoms with Gasteiger partial charge < -0.3 is 9.88 Å². The second-order valence-electron chi connectivity index (χ2n) is 5.66. The van der Waals surface area contributed by atoms with Crippen LogP contribution in [0.5, 0.6) is 0 Å². The van der Waals surface area contributed by atoms with Gasteiger partial charge in [0.2, 0.25) is 5.91 Å². The number of rotatable bonds is 7. The molecular formula is C18H19FN4OS2. The highest BCUT2D eigenvalue weighted by atomic mass is 32.2. The third-order valence-electron chi connectivity index (χ3n) is 3.85. The molecule has 0 aliphatic heterocycles. The van der Waals surface area contributed by atoms with E-state index in [0.717, 1.165) is 28.0 Å². The number of benzene rings is 1. The van der Waals surface area contributed by atoms with Gasteiger partial charge in [0.25, 0.3) is 0 Å². The summed E-state index contributed by atoms with van der Waals surface area (Å²) < 4.78 is 15.0. The molecule has 8 heteroatoms. The number of nitrogens with one attached hydrogen (secondary N) is 1. The monoisotopic (exact) mass is 390 g/mol. The zero-order chi connectivity index (χ0) is 18.5. The molecule has 0 aliphatic carbocycles. The minimum Gasteiger partial charge on any atom is -0.349 e. The van der Waals surface area contributed by atoms with E-state index in [-0.39, 0.29) is 23.5 Å². The molecule has 1 unspecified atom stereocenters. The predicted octanol–water partition coefficient (Wildman–Crippen LogP) is 4.14. The highest BCUT2D eigenvalue weighted by Crippen LogP contribution is 2.27. The maximum Gasteiger partial charge on any atom is 0.230 e. The van der Waals surface area contributed by atoms with Crippen LogP contribution in [-0.2, 0) is 11.3 Å². The summed E-state index contributed by atoms with van der Waals surface area (Å²) in [6, 6.07) is 9.93. The summed E-state index contributed by atoms with van der Waals surface area (Å²) in [5.41, 5.74) is 0.862. The van der Waals surface area contributed by atoms with E-state index in [1.807, 2.05) is 35.9 Å². The SMILES string of the molecule is CCn1c(SCC(=O)NC(C)c2ccc(F)cc2)nnc1-c1cccs1. The molecule has 2 heterocycles. The fourth-order valence-corrected chi connectivity index (χ4v) is 4.05. The van der Waals surface area contributed by atoms with Gasteiger partial charge in [0.15, 0.2) is 11.0 Å². The van der Waals surface area contributed by atoms with Crippen molar-refractivity contribution in [3.8, 4) is 10.7 Å². The van der Waals surface area contributed by atoms with Gasteiger partial charge in [-0.15, -0.1) is 21.5 Å². The Hall–Kier alpha value is -2.19. The average molecular weight is 391 g/mol. The van der Waals surface area contributed by atoms with E-state index in [9.17, 15) is 9.18 Å². The highest BCUT2D eigenvalue weighted by Gasteiger charge is 2.16. The van der Waals surface area contributed by atoms with Crippen LogP contribution in [-0.4, -0.2) is 26.4 Å². The summed E-state index contributed by atoms with van der Waals surface area (Å²) in [4.78, 5) is 13.3. The molecule has 0 radical (unpaired) electrons. The first-order valence-corrected chi connectivity index (χ1v) is 10.1. The average Bonchev–Trinajstić information content (AvgIpc) is 3.29. The van der Waals surface area contributed by atoms with Crippen molar-refractivity contribution in [3.63, 3.8) is 0 Å². The molecule has 1 aromatic carbocycles. The van der Waals surface area contributed by atoms with Crippen LogP contribution in [0.15, 0.2) is 46.9 Å². The van der Waals surface area contributed by atoms with E-state index >= 15 is 0 Å². The van der Waals surface area contributed by atoms with Gasteiger partial charge in [-0.1, -0.05) is 30.0 Å². The Balaban J connectivity index is 1.60. The zero-order valence-corrected chi connectivity index (χ0v) is 16.1. The smallest absolute Gasteiger partial charge is 0.230 e. The number of amides is 1. The van der Waals surface area contributed by atoms with Crippen molar-refractivity contribution in [2.24, 2.45) is 0 Å². The van der Waals surface area contributed by atoms with E-state index in [4.69, 9.17) is 0 Å². The zero-order valence-electron chi connectivity index (χ0n) is 14.5. The Morgan fingerprint density at radius 3 is 2.73 bits per heavy atom. The minimum absolute atomic E-state index is 0.102.